The maximum absolute atomic E-state index is 5.60. The van der Waals surface area contributed by atoms with E-state index in [0.29, 0.717) is 12.4 Å². The Labute approximate surface area is 83.6 Å². The highest BCUT2D eigenvalue weighted by atomic mass is 16.5. The largest absolute Gasteiger partial charge is 0.387 e. The molecule has 5 nitrogen and oxygen atoms in total. The predicted octanol–water partition coefficient (Wildman–Crippen LogP) is 0.928. The lowest BCUT2D eigenvalue weighted by Gasteiger charge is -1.97. The van der Waals surface area contributed by atoms with Crippen LogP contribution >= 0.6 is 0 Å². The van der Waals surface area contributed by atoms with Crippen LogP contribution in [0, 0.1) is 0 Å². The minimum absolute atomic E-state index is 0.622. The maximum atomic E-state index is 5.60. The Morgan fingerprint density at radius 3 is 3.14 bits per heavy atom. The molecule has 0 radical (unpaired) electrons. The first kappa shape index (κ1) is 10.7. The molecule has 1 heterocycles. The molecule has 0 spiro atoms. The van der Waals surface area contributed by atoms with Crippen molar-refractivity contribution in [1.82, 2.24) is 9.78 Å². The van der Waals surface area contributed by atoms with Gasteiger partial charge in [0.15, 0.2) is 0 Å². The standard InChI is InChI=1S/C9H16N4O/c1-3-9(10)12-8-6-11-13(7-8)4-5-14-2/h6-7H,3-5H2,1-2H3,(H2,10,12). The van der Waals surface area contributed by atoms with Crippen LogP contribution in [0.15, 0.2) is 17.4 Å². The first-order chi connectivity index (χ1) is 6.76. The van der Waals surface area contributed by atoms with Crippen LogP contribution in [0.3, 0.4) is 0 Å². The molecule has 1 rings (SSSR count). The molecular formula is C9H16N4O. The molecule has 14 heavy (non-hydrogen) atoms. The van der Waals surface area contributed by atoms with Crippen molar-refractivity contribution in [3.63, 3.8) is 0 Å². The molecule has 1 aromatic heterocycles. The van der Waals surface area contributed by atoms with Crippen LogP contribution < -0.4 is 5.73 Å². The summed E-state index contributed by atoms with van der Waals surface area (Å²) >= 11 is 0. The molecule has 0 saturated heterocycles. The number of aromatic nitrogens is 2. The maximum Gasteiger partial charge on any atom is 0.103 e. The van der Waals surface area contributed by atoms with Crippen LogP contribution in [0.5, 0.6) is 0 Å². The SMILES string of the molecule is CCC(N)=Nc1cnn(CCOC)c1. The zero-order chi connectivity index (χ0) is 10.4. The van der Waals surface area contributed by atoms with Gasteiger partial charge in [0.25, 0.3) is 0 Å². The van der Waals surface area contributed by atoms with Crippen molar-refractivity contribution in [2.75, 3.05) is 13.7 Å². The summed E-state index contributed by atoms with van der Waals surface area (Å²) < 4.78 is 6.72. The summed E-state index contributed by atoms with van der Waals surface area (Å²) in [5, 5.41) is 4.12. The van der Waals surface area contributed by atoms with Gasteiger partial charge in [-0.15, -0.1) is 0 Å². The van der Waals surface area contributed by atoms with Gasteiger partial charge in [0.1, 0.15) is 5.69 Å². The number of nitrogens with two attached hydrogens (primary N) is 1. The summed E-state index contributed by atoms with van der Waals surface area (Å²) in [6.45, 7) is 3.35. The van der Waals surface area contributed by atoms with Crippen LogP contribution in [-0.2, 0) is 11.3 Å². The Kier molecular flexibility index (Phi) is 4.12. The van der Waals surface area contributed by atoms with E-state index in [2.05, 4.69) is 10.1 Å². The molecule has 0 bridgehead atoms. The number of methoxy groups -OCH3 is 1. The molecule has 0 atom stereocenters. The molecule has 0 aromatic carbocycles. The summed E-state index contributed by atoms with van der Waals surface area (Å²) in [6.07, 6.45) is 4.29. The van der Waals surface area contributed by atoms with E-state index in [0.717, 1.165) is 18.7 Å². The van der Waals surface area contributed by atoms with Crippen LogP contribution in [0.4, 0.5) is 5.69 Å². The van der Waals surface area contributed by atoms with Crippen LogP contribution in [0.2, 0.25) is 0 Å². The quantitative estimate of drug-likeness (QED) is 0.562. The summed E-state index contributed by atoms with van der Waals surface area (Å²) in [6, 6.07) is 0. The van der Waals surface area contributed by atoms with Gasteiger partial charge in [0.05, 0.1) is 31.4 Å². The van der Waals surface area contributed by atoms with E-state index >= 15 is 0 Å². The second-order valence-corrected chi connectivity index (χ2v) is 2.91. The summed E-state index contributed by atoms with van der Waals surface area (Å²) in [4.78, 5) is 4.18. The third-order valence-electron chi connectivity index (χ3n) is 1.78. The lowest BCUT2D eigenvalue weighted by atomic mass is 10.4. The summed E-state index contributed by atoms with van der Waals surface area (Å²) in [5.41, 5.74) is 6.39. The molecule has 78 valence electrons. The lowest BCUT2D eigenvalue weighted by molar-refractivity contribution is 0.183. The molecule has 0 saturated carbocycles. The van der Waals surface area contributed by atoms with E-state index in [1.165, 1.54) is 0 Å². The van der Waals surface area contributed by atoms with Gasteiger partial charge in [0, 0.05) is 13.5 Å². The van der Waals surface area contributed by atoms with Gasteiger partial charge >= 0.3 is 0 Å². The summed E-state index contributed by atoms with van der Waals surface area (Å²) in [7, 11) is 1.66. The summed E-state index contributed by atoms with van der Waals surface area (Å²) in [5.74, 6) is 0.622. The smallest absolute Gasteiger partial charge is 0.103 e. The first-order valence-electron chi connectivity index (χ1n) is 4.60. The molecule has 0 amide bonds. The molecule has 0 fully saturated rings. The Balaban J connectivity index is 2.59. The highest BCUT2D eigenvalue weighted by Gasteiger charge is 1.96. The lowest BCUT2D eigenvalue weighted by Crippen LogP contribution is -2.08. The van der Waals surface area contributed by atoms with Gasteiger partial charge in [-0.2, -0.15) is 5.10 Å². The number of amidine groups is 1. The number of hydrogen-bond donors (Lipinski definition) is 1. The van der Waals surface area contributed by atoms with Crippen LogP contribution in [-0.4, -0.2) is 29.3 Å². The highest BCUT2D eigenvalue weighted by molar-refractivity contribution is 5.82. The Morgan fingerprint density at radius 2 is 2.50 bits per heavy atom. The molecule has 2 N–H and O–H groups in total. The van der Waals surface area contributed by atoms with E-state index in [1.54, 1.807) is 18.0 Å². The predicted molar refractivity (Wildman–Crippen MR) is 55.7 cm³/mol. The third kappa shape index (κ3) is 3.18. The van der Waals surface area contributed by atoms with Crippen molar-refractivity contribution < 1.29 is 4.74 Å². The zero-order valence-corrected chi connectivity index (χ0v) is 8.60. The minimum Gasteiger partial charge on any atom is -0.387 e. The van der Waals surface area contributed by atoms with Gasteiger partial charge < -0.3 is 10.5 Å². The fourth-order valence-electron chi connectivity index (χ4n) is 0.962. The Morgan fingerprint density at radius 1 is 1.71 bits per heavy atom. The molecule has 1 aromatic rings. The first-order valence-corrected chi connectivity index (χ1v) is 4.60. The van der Waals surface area contributed by atoms with Crippen LogP contribution in [0.1, 0.15) is 13.3 Å². The normalized spacial score (nSPS) is 12.0. The molecule has 0 aliphatic heterocycles. The van der Waals surface area contributed by atoms with Crippen LogP contribution in [0.25, 0.3) is 0 Å². The second-order valence-electron chi connectivity index (χ2n) is 2.91. The van der Waals surface area contributed by atoms with E-state index in [9.17, 15) is 0 Å². The second kappa shape index (κ2) is 5.39. The van der Waals surface area contributed by atoms with Crippen molar-refractivity contribution in [2.45, 2.75) is 19.9 Å². The van der Waals surface area contributed by atoms with Crippen molar-refractivity contribution in [3.8, 4) is 0 Å². The topological polar surface area (TPSA) is 65.4 Å². The number of ether oxygens (including phenoxy) is 1. The number of hydrogen-bond acceptors (Lipinski definition) is 3. The van der Waals surface area contributed by atoms with Gasteiger partial charge in [-0.3, -0.25) is 4.68 Å². The highest BCUT2D eigenvalue weighted by Crippen LogP contribution is 2.09. The number of nitrogens with zero attached hydrogens (tertiary/aromatic N) is 3. The zero-order valence-electron chi connectivity index (χ0n) is 8.60. The fraction of sp³-hybridized carbons (Fsp3) is 0.556. The molecule has 0 aliphatic carbocycles. The van der Waals surface area contributed by atoms with Crippen molar-refractivity contribution in [1.29, 1.82) is 0 Å². The van der Waals surface area contributed by atoms with E-state index < -0.39 is 0 Å². The number of aliphatic imine (C=N–C) groups is 1. The Hall–Kier alpha value is -1.36. The molecule has 5 heteroatoms. The number of rotatable bonds is 5. The van der Waals surface area contributed by atoms with Crippen molar-refractivity contribution in [3.05, 3.63) is 12.4 Å². The van der Waals surface area contributed by atoms with E-state index in [4.69, 9.17) is 10.5 Å². The monoisotopic (exact) mass is 196 g/mol. The molecule has 0 aliphatic rings. The van der Waals surface area contributed by atoms with Gasteiger partial charge in [-0.1, -0.05) is 6.92 Å². The average molecular weight is 196 g/mol. The third-order valence-corrected chi connectivity index (χ3v) is 1.78. The Bertz CT molecular complexity index is 306. The molecule has 0 unspecified atom stereocenters. The van der Waals surface area contributed by atoms with Gasteiger partial charge in [-0.05, 0) is 0 Å². The van der Waals surface area contributed by atoms with Crippen molar-refractivity contribution >= 4 is 11.5 Å². The minimum atomic E-state index is 0.622. The molecular weight excluding hydrogens is 180 g/mol. The fourth-order valence-corrected chi connectivity index (χ4v) is 0.962. The van der Waals surface area contributed by atoms with E-state index in [-0.39, 0.29) is 0 Å². The average Bonchev–Trinajstić information content (AvgIpc) is 2.62. The van der Waals surface area contributed by atoms with E-state index in [1.807, 2.05) is 13.1 Å². The van der Waals surface area contributed by atoms with Gasteiger partial charge in [-0.25, -0.2) is 4.99 Å². The van der Waals surface area contributed by atoms with Crippen molar-refractivity contribution in [2.24, 2.45) is 10.7 Å². The van der Waals surface area contributed by atoms with Gasteiger partial charge in [0.2, 0.25) is 0 Å².